The highest BCUT2D eigenvalue weighted by atomic mass is 16.7. The molecule has 1 aliphatic rings. The zero-order valence-corrected chi connectivity index (χ0v) is 11.9. The van der Waals surface area contributed by atoms with Crippen LogP contribution in [-0.4, -0.2) is 34.8 Å². The third-order valence-corrected chi connectivity index (χ3v) is 2.55. The summed E-state index contributed by atoms with van der Waals surface area (Å²) in [5, 5.41) is 11.6. The standard InChI is InChI=1S/C13H19NO6/c1-7(2)5-9(10(15)16)14-6-8-11(17)19-13(3,4)20-12(8)18/h6-7,9,14H,5H2,1-4H3,(H,15,16)/t9-/m0/s1. The van der Waals surface area contributed by atoms with Crippen LogP contribution >= 0.6 is 0 Å². The highest BCUT2D eigenvalue weighted by molar-refractivity contribution is 6.15. The van der Waals surface area contributed by atoms with Gasteiger partial charge in [0, 0.05) is 20.0 Å². The molecule has 0 aromatic heterocycles. The van der Waals surface area contributed by atoms with Gasteiger partial charge in [0.1, 0.15) is 6.04 Å². The number of hydrogen-bond acceptors (Lipinski definition) is 6. The molecule has 0 aromatic rings. The summed E-state index contributed by atoms with van der Waals surface area (Å²) in [6.45, 7) is 6.62. The topological polar surface area (TPSA) is 102 Å². The number of rotatable bonds is 5. The molecule has 0 aromatic carbocycles. The van der Waals surface area contributed by atoms with Crippen LogP contribution in [0.4, 0.5) is 0 Å². The molecule has 2 N–H and O–H groups in total. The van der Waals surface area contributed by atoms with Gasteiger partial charge >= 0.3 is 17.9 Å². The van der Waals surface area contributed by atoms with Crippen molar-refractivity contribution in [2.45, 2.75) is 45.9 Å². The number of carboxylic acid groups (broad SMARTS) is 1. The summed E-state index contributed by atoms with van der Waals surface area (Å²) in [6.07, 6.45) is 1.40. The molecule has 0 radical (unpaired) electrons. The van der Waals surface area contributed by atoms with E-state index in [2.05, 4.69) is 5.32 Å². The molecule has 0 aliphatic carbocycles. The maximum atomic E-state index is 11.6. The molecule has 0 amide bonds. The minimum Gasteiger partial charge on any atom is -0.480 e. The van der Waals surface area contributed by atoms with E-state index in [1.807, 2.05) is 13.8 Å². The second kappa shape index (κ2) is 5.94. The molecule has 7 nitrogen and oxygen atoms in total. The average Bonchev–Trinajstić information content (AvgIpc) is 2.23. The first-order valence-electron chi connectivity index (χ1n) is 6.28. The van der Waals surface area contributed by atoms with E-state index in [1.165, 1.54) is 13.8 Å². The fraction of sp³-hybridized carbons (Fsp3) is 0.615. The van der Waals surface area contributed by atoms with Crippen LogP contribution in [0.5, 0.6) is 0 Å². The lowest BCUT2D eigenvalue weighted by atomic mass is 10.0. The molecular weight excluding hydrogens is 266 g/mol. The van der Waals surface area contributed by atoms with Gasteiger partial charge in [-0.25, -0.2) is 14.4 Å². The van der Waals surface area contributed by atoms with Crippen molar-refractivity contribution >= 4 is 17.9 Å². The van der Waals surface area contributed by atoms with E-state index in [9.17, 15) is 14.4 Å². The van der Waals surface area contributed by atoms with Gasteiger partial charge in [0.05, 0.1) is 0 Å². The minimum atomic E-state index is -1.31. The lowest BCUT2D eigenvalue weighted by Gasteiger charge is -2.29. The molecule has 0 spiro atoms. The van der Waals surface area contributed by atoms with Crippen molar-refractivity contribution in [1.29, 1.82) is 0 Å². The summed E-state index contributed by atoms with van der Waals surface area (Å²) in [5.74, 6) is -3.91. The highest BCUT2D eigenvalue weighted by Gasteiger charge is 2.39. The van der Waals surface area contributed by atoms with Crippen LogP contribution in [0.2, 0.25) is 0 Å². The SMILES string of the molecule is CC(C)C[C@H](NC=C1C(=O)OC(C)(C)OC1=O)C(=O)O. The number of carbonyl (C=O) groups excluding carboxylic acids is 2. The van der Waals surface area contributed by atoms with Crippen molar-refractivity contribution in [2.24, 2.45) is 5.92 Å². The van der Waals surface area contributed by atoms with Crippen LogP contribution in [0, 0.1) is 5.92 Å². The Morgan fingerprint density at radius 2 is 1.80 bits per heavy atom. The third-order valence-electron chi connectivity index (χ3n) is 2.55. The summed E-state index contributed by atoms with van der Waals surface area (Å²) in [6, 6.07) is -0.891. The van der Waals surface area contributed by atoms with Crippen LogP contribution in [0.25, 0.3) is 0 Å². The molecular formula is C13H19NO6. The molecule has 1 fully saturated rings. The summed E-state index contributed by atoms with van der Waals surface area (Å²) >= 11 is 0. The third kappa shape index (κ3) is 4.25. The van der Waals surface area contributed by atoms with Crippen molar-refractivity contribution in [3.8, 4) is 0 Å². The van der Waals surface area contributed by atoms with Gasteiger partial charge in [-0.2, -0.15) is 0 Å². The summed E-state index contributed by atoms with van der Waals surface area (Å²) in [4.78, 5) is 34.3. The van der Waals surface area contributed by atoms with Crippen molar-refractivity contribution in [1.82, 2.24) is 5.32 Å². The normalized spacial score (nSPS) is 19.1. The second-order valence-electron chi connectivity index (χ2n) is 5.42. The molecule has 20 heavy (non-hydrogen) atoms. The second-order valence-corrected chi connectivity index (χ2v) is 5.42. The van der Waals surface area contributed by atoms with Gasteiger partial charge in [-0.1, -0.05) is 13.8 Å². The van der Waals surface area contributed by atoms with Crippen molar-refractivity contribution in [2.75, 3.05) is 0 Å². The Kier molecular flexibility index (Phi) is 4.75. The molecule has 0 bridgehead atoms. The number of cyclic esters (lactones) is 2. The highest BCUT2D eigenvalue weighted by Crippen LogP contribution is 2.22. The first-order chi connectivity index (χ1) is 9.12. The van der Waals surface area contributed by atoms with Gasteiger partial charge < -0.3 is 19.9 Å². The molecule has 1 atom stereocenters. The summed E-state index contributed by atoms with van der Waals surface area (Å²) in [7, 11) is 0. The number of aliphatic carboxylic acids is 1. The first kappa shape index (κ1) is 16.0. The van der Waals surface area contributed by atoms with Crippen LogP contribution in [-0.2, 0) is 23.9 Å². The average molecular weight is 285 g/mol. The zero-order chi connectivity index (χ0) is 15.5. The number of esters is 2. The number of hydrogen-bond donors (Lipinski definition) is 2. The van der Waals surface area contributed by atoms with Gasteiger partial charge in [0.2, 0.25) is 0 Å². The lowest BCUT2D eigenvalue weighted by molar-refractivity contribution is -0.222. The predicted octanol–water partition coefficient (Wildman–Crippen LogP) is 0.795. The number of carboxylic acids is 1. The van der Waals surface area contributed by atoms with Gasteiger partial charge in [0.25, 0.3) is 5.79 Å². The monoisotopic (exact) mass is 285 g/mol. The number of carbonyl (C=O) groups is 3. The zero-order valence-electron chi connectivity index (χ0n) is 11.9. The fourth-order valence-electron chi connectivity index (χ4n) is 1.67. The van der Waals surface area contributed by atoms with E-state index in [-0.39, 0.29) is 11.5 Å². The smallest absolute Gasteiger partial charge is 0.350 e. The maximum Gasteiger partial charge on any atom is 0.350 e. The van der Waals surface area contributed by atoms with E-state index in [4.69, 9.17) is 14.6 Å². The van der Waals surface area contributed by atoms with Crippen LogP contribution in [0.3, 0.4) is 0 Å². The van der Waals surface area contributed by atoms with Gasteiger partial charge in [-0.05, 0) is 12.3 Å². The van der Waals surface area contributed by atoms with E-state index in [1.54, 1.807) is 0 Å². The van der Waals surface area contributed by atoms with Gasteiger partial charge in [-0.15, -0.1) is 0 Å². The lowest BCUT2D eigenvalue weighted by Crippen LogP contribution is -2.43. The van der Waals surface area contributed by atoms with Crippen molar-refractivity contribution in [3.05, 3.63) is 11.8 Å². The number of nitrogens with one attached hydrogen (secondary N) is 1. The molecule has 1 heterocycles. The quantitative estimate of drug-likeness (QED) is 0.437. The molecule has 0 unspecified atom stereocenters. The summed E-state index contributed by atoms with van der Waals surface area (Å²) < 4.78 is 9.79. The van der Waals surface area contributed by atoms with E-state index < -0.39 is 29.7 Å². The van der Waals surface area contributed by atoms with Gasteiger partial charge in [-0.3, -0.25) is 0 Å². The predicted molar refractivity (Wildman–Crippen MR) is 68.4 cm³/mol. The van der Waals surface area contributed by atoms with Gasteiger partial charge in [0.15, 0.2) is 5.57 Å². The van der Waals surface area contributed by atoms with Crippen LogP contribution in [0.1, 0.15) is 34.1 Å². The maximum absolute atomic E-state index is 11.6. The Morgan fingerprint density at radius 3 is 2.20 bits per heavy atom. The molecule has 0 saturated carbocycles. The number of ether oxygens (including phenoxy) is 2. The van der Waals surface area contributed by atoms with Crippen LogP contribution in [0.15, 0.2) is 11.8 Å². The molecule has 1 saturated heterocycles. The Morgan fingerprint density at radius 1 is 1.30 bits per heavy atom. The van der Waals surface area contributed by atoms with E-state index in [0.29, 0.717) is 6.42 Å². The summed E-state index contributed by atoms with van der Waals surface area (Å²) in [5.41, 5.74) is -0.348. The fourth-order valence-corrected chi connectivity index (χ4v) is 1.67. The minimum absolute atomic E-state index is 0.145. The molecule has 1 aliphatic heterocycles. The van der Waals surface area contributed by atoms with E-state index >= 15 is 0 Å². The Labute approximate surface area is 116 Å². The molecule has 1 rings (SSSR count). The van der Waals surface area contributed by atoms with Crippen molar-refractivity contribution < 1.29 is 29.0 Å². The molecule has 112 valence electrons. The largest absolute Gasteiger partial charge is 0.480 e. The first-order valence-corrected chi connectivity index (χ1v) is 6.28. The van der Waals surface area contributed by atoms with Crippen LogP contribution < -0.4 is 5.32 Å². The Hall–Kier alpha value is -2.05. The van der Waals surface area contributed by atoms with Crippen molar-refractivity contribution in [3.63, 3.8) is 0 Å². The molecule has 7 heteroatoms. The van der Waals surface area contributed by atoms with E-state index in [0.717, 1.165) is 6.20 Å². The Bertz CT molecular complexity index is 430. The Balaban J connectivity index is 2.80.